The van der Waals surface area contributed by atoms with Crippen LogP contribution in [-0.4, -0.2) is 18.0 Å². The van der Waals surface area contributed by atoms with Gasteiger partial charge in [-0.3, -0.25) is 10.1 Å². The van der Waals surface area contributed by atoms with Gasteiger partial charge < -0.3 is 4.74 Å². The lowest BCUT2D eigenvalue weighted by molar-refractivity contribution is -0.144. The molecule has 0 fully saturated rings. The highest BCUT2D eigenvalue weighted by Gasteiger charge is 2.11. The van der Waals surface area contributed by atoms with Gasteiger partial charge in [-0.15, -0.1) is 12.4 Å². The van der Waals surface area contributed by atoms with Crippen molar-refractivity contribution in [1.82, 2.24) is 5.32 Å². The number of halogens is 1. The van der Waals surface area contributed by atoms with Crippen molar-refractivity contribution >= 4 is 24.2 Å². The predicted molar refractivity (Wildman–Crippen MR) is 105 cm³/mol. The Balaban J connectivity index is 0.00000338. The van der Waals surface area contributed by atoms with Crippen molar-refractivity contribution in [1.29, 1.82) is 0 Å². The van der Waals surface area contributed by atoms with Crippen molar-refractivity contribution in [2.24, 2.45) is 0 Å². The summed E-state index contributed by atoms with van der Waals surface area (Å²) in [7, 11) is 0. The molecule has 1 atom stereocenters. The molecule has 0 amide bonds. The number of hydrogen-bond acceptors (Lipinski definition) is 4. The highest BCUT2D eigenvalue weighted by molar-refractivity contribution is 6.08. The van der Waals surface area contributed by atoms with Gasteiger partial charge in [0.2, 0.25) is 0 Å². The van der Waals surface area contributed by atoms with E-state index >= 15 is 0 Å². The number of rotatable bonds is 7. The minimum atomic E-state index is -0.395. The highest BCUT2D eigenvalue weighted by atomic mass is 35.5. The first-order chi connectivity index (χ1) is 12.0. The summed E-state index contributed by atoms with van der Waals surface area (Å²) in [5.74, 6) is -0.324. The monoisotopic (exact) mass is 373 g/mol. The van der Waals surface area contributed by atoms with Crippen molar-refractivity contribution in [2.45, 2.75) is 33.5 Å². The van der Waals surface area contributed by atoms with Crippen molar-refractivity contribution in [3.8, 4) is 0 Å². The third kappa shape index (κ3) is 6.14. The quantitative estimate of drug-likeness (QED) is 0.340. The van der Waals surface area contributed by atoms with Crippen LogP contribution in [0.5, 0.6) is 0 Å². The zero-order valence-electron chi connectivity index (χ0n) is 15.2. The van der Waals surface area contributed by atoms with Gasteiger partial charge in [0.1, 0.15) is 0 Å². The highest BCUT2D eigenvalue weighted by Crippen LogP contribution is 2.11. The number of carbonyl (C=O) groups excluding carboxylic acids is 2. The lowest BCUT2D eigenvalue weighted by atomic mass is 10.0. The van der Waals surface area contributed by atoms with Crippen LogP contribution >= 0.6 is 12.4 Å². The Hall–Kier alpha value is -2.43. The maximum atomic E-state index is 12.4. The molecular weight excluding hydrogens is 350 g/mol. The zero-order chi connectivity index (χ0) is 18.2. The largest absolute Gasteiger partial charge is 0.444 e. The van der Waals surface area contributed by atoms with Gasteiger partial charge >= 0.3 is 5.97 Å². The molecule has 0 aromatic heterocycles. The van der Waals surface area contributed by atoms with Crippen LogP contribution in [0.3, 0.4) is 0 Å². The van der Waals surface area contributed by atoms with E-state index in [4.69, 9.17) is 4.74 Å². The van der Waals surface area contributed by atoms with Crippen LogP contribution in [0, 0.1) is 0 Å². The number of ether oxygens (including phenoxy) is 1. The third-order valence-electron chi connectivity index (χ3n) is 3.88. The van der Waals surface area contributed by atoms with Crippen LogP contribution in [0.15, 0.2) is 66.2 Å². The minimum Gasteiger partial charge on any atom is -0.444 e. The van der Waals surface area contributed by atoms with E-state index in [0.29, 0.717) is 23.2 Å². The molecule has 0 bridgehead atoms. The van der Waals surface area contributed by atoms with Crippen molar-refractivity contribution in [2.75, 3.05) is 0 Å². The maximum absolute atomic E-state index is 12.4. The Labute approximate surface area is 160 Å². The van der Waals surface area contributed by atoms with Gasteiger partial charge in [0.15, 0.2) is 12.0 Å². The summed E-state index contributed by atoms with van der Waals surface area (Å²) in [6.45, 7) is 5.85. The normalized spacial score (nSPS) is 12.0. The lowest BCUT2D eigenvalue weighted by Crippen LogP contribution is -2.30. The fourth-order valence-electron chi connectivity index (χ4n) is 2.20. The van der Waals surface area contributed by atoms with E-state index in [0.717, 1.165) is 5.56 Å². The van der Waals surface area contributed by atoms with E-state index in [2.05, 4.69) is 5.32 Å². The van der Waals surface area contributed by atoms with Crippen LogP contribution in [0.25, 0.3) is 0 Å². The Bertz CT molecular complexity index is 755. The molecule has 5 heteroatoms. The average Bonchev–Trinajstić information content (AvgIpc) is 2.66. The van der Waals surface area contributed by atoms with Gasteiger partial charge in [0.05, 0.1) is 0 Å². The Morgan fingerprint density at radius 1 is 1.04 bits per heavy atom. The molecule has 0 radical (unpaired) electrons. The molecular formula is C21H24ClNO3. The lowest BCUT2D eigenvalue weighted by Gasteiger charge is -2.15. The molecule has 26 heavy (non-hydrogen) atoms. The number of hydrogen-bond donors (Lipinski definition) is 1. The van der Waals surface area contributed by atoms with E-state index in [1.807, 2.05) is 42.5 Å². The summed E-state index contributed by atoms with van der Waals surface area (Å²) in [5.41, 5.74) is 2.92. The number of esters is 1. The molecule has 0 heterocycles. The predicted octanol–water partition coefficient (Wildman–Crippen LogP) is 4.28. The van der Waals surface area contributed by atoms with Crippen LogP contribution in [0.4, 0.5) is 0 Å². The molecule has 1 N–H and O–H groups in total. The molecule has 0 saturated carbocycles. The van der Waals surface area contributed by atoms with Crippen molar-refractivity contribution in [3.05, 3.63) is 82.9 Å². The van der Waals surface area contributed by atoms with E-state index in [9.17, 15) is 9.59 Å². The summed E-state index contributed by atoms with van der Waals surface area (Å²) in [4.78, 5) is 24.0. The third-order valence-corrected chi connectivity index (χ3v) is 3.88. The van der Waals surface area contributed by atoms with Crippen molar-refractivity contribution < 1.29 is 14.3 Å². The molecule has 0 aliphatic heterocycles. The first kappa shape index (κ1) is 21.6. The summed E-state index contributed by atoms with van der Waals surface area (Å²) < 4.78 is 5.27. The first-order valence-electron chi connectivity index (χ1n) is 8.27. The molecule has 4 nitrogen and oxygen atoms in total. The van der Waals surface area contributed by atoms with E-state index in [-0.39, 0.29) is 24.2 Å². The van der Waals surface area contributed by atoms with E-state index in [1.54, 1.807) is 39.0 Å². The second-order valence-corrected chi connectivity index (χ2v) is 5.79. The number of nitrogens with one attached hydrogen (secondary N) is 1. The Morgan fingerprint density at radius 2 is 1.62 bits per heavy atom. The molecule has 2 aromatic carbocycles. The van der Waals surface area contributed by atoms with Crippen LogP contribution < -0.4 is 5.32 Å². The molecule has 2 rings (SSSR count). The summed E-state index contributed by atoms with van der Waals surface area (Å²) in [6, 6.07) is 16.6. The smallest absolute Gasteiger partial charge is 0.334 e. The second kappa shape index (κ2) is 10.5. The van der Waals surface area contributed by atoms with Crippen molar-refractivity contribution in [3.63, 3.8) is 0 Å². The Morgan fingerprint density at radius 3 is 2.19 bits per heavy atom. The molecule has 1 unspecified atom stereocenters. The van der Waals surface area contributed by atoms with Crippen LogP contribution in [0.1, 0.15) is 42.3 Å². The second-order valence-electron chi connectivity index (χ2n) is 5.79. The number of allylic oxidation sites excluding steroid dienone is 1. The summed E-state index contributed by atoms with van der Waals surface area (Å²) >= 11 is 0. The van der Waals surface area contributed by atoms with Gasteiger partial charge in [-0.25, -0.2) is 4.79 Å². The number of carbonyl (C=O) groups is 2. The molecule has 138 valence electrons. The molecule has 0 aliphatic carbocycles. The van der Waals surface area contributed by atoms with Gasteiger partial charge in [0, 0.05) is 23.2 Å². The van der Waals surface area contributed by atoms with Gasteiger partial charge in [-0.05, 0) is 26.3 Å². The molecule has 2 aromatic rings. The van der Waals surface area contributed by atoms with E-state index in [1.165, 1.54) is 0 Å². The van der Waals surface area contributed by atoms with Gasteiger partial charge in [-0.1, -0.05) is 60.7 Å². The summed E-state index contributed by atoms with van der Waals surface area (Å²) in [6.07, 6.45) is 1.32. The molecule has 0 saturated heterocycles. The topological polar surface area (TPSA) is 55.4 Å². The number of benzene rings is 2. The zero-order valence-corrected chi connectivity index (χ0v) is 16.0. The molecule has 0 spiro atoms. The fourth-order valence-corrected chi connectivity index (χ4v) is 2.20. The maximum Gasteiger partial charge on any atom is 0.334 e. The van der Waals surface area contributed by atoms with E-state index < -0.39 is 6.23 Å². The minimum absolute atomic E-state index is 0. The Kier molecular flexibility index (Phi) is 8.76. The number of ketones is 1. The SMILES string of the molecule is CC=C(C)C(=O)OC(C)NCc1ccc(C(=O)c2ccccc2)cc1.Cl. The summed E-state index contributed by atoms with van der Waals surface area (Å²) in [5, 5.41) is 3.13. The standard InChI is InChI=1S/C21H23NO3.ClH/c1-4-15(2)21(24)25-16(3)22-14-17-10-12-19(13-11-17)20(23)18-8-6-5-7-9-18;/h4-13,16,22H,14H2,1-3H3;1H. The average molecular weight is 374 g/mol. The molecule has 0 aliphatic rings. The van der Waals surface area contributed by atoms with Gasteiger partial charge in [-0.2, -0.15) is 0 Å². The van der Waals surface area contributed by atoms with Gasteiger partial charge in [0.25, 0.3) is 0 Å². The first-order valence-corrected chi connectivity index (χ1v) is 8.27. The fraction of sp³-hybridized carbons (Fsp3) is 0.238. The van der Waals surface area contributed by atoms with Crippen LogP contribution in [0.2, 0.25) is 0 Å². The van der Waals surface area contributed by atoms with Crippen LogP contribution in [-0.2, 0) is 16.1 Å².